The van der Waals surface area contributed by atoms with Crippen molar-refractivity contribution in [1.82, 2.24) is 0 Å². The van der Waals surface area contributed by atoms with Crippen molar-refractivity contribution in [2.45, 2.75) is 12.3 Å². The van der Waals surface area contributed by atoms with E-state index in [0.29, 0.717) is 5.92 Å². The Morgan fingerprint density at radius 2 is 2.43 bits per heavy atom. The normalized spacial score (nSPS) is 19.9. The number of anilines is 1. The van der Waals surface area contributed by atoms with E-state index < -0.39 is 0 Å². The van der Waals surface area contributed by atoms with Gasteiger partial charge < -0.3 is 15.2 Å². The van der Waals surface area contributed by atoms with Gasteiger partial charge >= 0.3 is 0 Å². The van der Waals surface area contributed by atoms with Crippen molar-refractivity contribution < 1.29 is 9.47 Å². The SMILES string of the molecule is COCC1CCOc2cc(N)ccc21. The molecule has 0 saturated carbocycles. The molecule has 0 saturated heterocycles. The van der Waals surface area contributed by atoms with Crippen molar-refractivity contribution in [3.63, 3.8) is 0 Å². The van der Waals surface area contributed by atoms with E-state index in [4.69, 9.17) is 15.2 Å². The standard InChI is InChI=1S/C11H15NO2/c1-13-7-8-4-5-14-11-6-9(12)2-3-10(8)11/h2-3,6,8H,4-5,7,12H2,1H3. The third-order valence-corrected chi connectivity index (χ3v) is 2.57. The lowest BCUT2D eigenvalue weighted by atomic mass is 9.94. The minimum absolute atomic E-state index is 0.448. The second-order valence-electron chi connectivity index (χ2n) is 3.59. The summed E-state index contributed by atoms with van der Waals surface area (Å²) in [5.74, 6) is 1.36. The quantitative estimate of drug-likeness (QED) is 0.728. The molecule has 1 aromatic carbocycles. The second kappa shape index (κ2) is 3.88. The maximum Gasteiger partial charge on any atom is 0.124 e. The van der Waals surface area contributed by atoms with Gasteiger partial charge in [0.25, 0.3) is 0 Å². The summed E-state index contributed by atoms with van der Waals surface area (Å²) in [6.07, 6.45) is 1.02. The van der Waals surface area contributed by atoms with E-state index in [2.05, 4.69) is 0 Å². The number of hydrogen-bond acceptors (Lipinski definition) is 3. The zero-order valence-electron chi connectivity index (χ0n) is 8.32. The number of methoxy groups -OCH3 is 1. The van der Waals surface area contributed by atoms with Crippen LogP contribution >= 0.6 is 0 Å². The fraction of sp³-hybridized carbons (Fsp3) is 0.455. The molecule has 1 unspecified atom stereocenters. The van der Waals surface area contributed by atoms with Crippen LogP contribution in [-0.2, 0) is 4.74 Å². The number of rotatable bonds is 2. The van der Waals surface area contributed by atoms with Crippen molar-refractivity contribution in [2.75, 3.05) is 26.1 Å². The molecule has 1 aromatic rings. The summed E-state index contributed by atoms with van der Waals surface area (Å²) in [5, 5.41) is 0. The van der Waals surface area contributed by atoms with Crippen LogP contribution in [0.3, 0.4) is 0 Å². The summed E-state index contributed by atoms with van der Waals surface area (Å²) in [7, 11) is 1.73. The molecule has 3 nitrogen and oxygen atoms in total. The molecule has 0 aliphatic carbocycles. The lowest BCUT2D eigenvalue weighted by molar-refractivity contribution is 0.153. The van der Waals surface area contributed by atoms with Crippen LogP contribution in [0.5, 0.6) is 5.75 Å². The Kier molecular flexibility index (Phi) is 2.59. The van der Waals surface area contributed by atoms with Crippen LogP contribution in [0.25, 0.3) is 0 Å². The molecule has 0 spiro atoms. The molecule has 0 amide bonds. The Bertz CT molecular complexity index is 325. The van der Waals surface area contributed by atoms with Crippen LogP contribution in [0.1, 0.15) is 17.9 Å². The third-order valence-electron chi connectivity index (χ3n) is 2.57. The number of benzene rings is 1. The van der Waals surface area contributed by atoms with Gasteiger partial charge in [0.2, 0.25) is 0 Å². The highest BCUT2D eigenvalue weighted by atomic mass is 16.5. The Morgan fingerprint density at radius 3 is 3.21 bits per heavy atom. The van der Waals surface area contributed by atoms with Gasteiger partial charge in [0.15, 0.2) is 0 Å². The molecular weight excluding hydrogens is 178 g/mol. The predicted octanol–water partition coefficient (Wildman–Crippen LogP) is 1.78. The molecule has 2 N–H and O–H groups in total. The minimum atomic E-state index is 0.448. The van der Waals surface area contributed by atoms with Crippen LogP contribution in [0, 0.1) is 0 Å². The second-order valence-corrected chi connectivity index (χ2v) is 3.59. The Hall–Kier alpha value is -1.22. The highest BCUT2D eigenvalue weighted by molar-refractivity contribution is 5.50. The first-order chi connectivity index (χ1) is 6.81. The molecule has 1 heterocycles. The van der Waals surface area contributed by atoms with E-state index in [-0.39, 0.29) is 0 Å². The molecule has 0 bridgehead atoms. The van der Waals surface area contributed by atoms with E-state index in [1.165, 1.54) is 5.56 Å². The number of ether oxygens (including phenoxy) is 2. The smallest absolute Gasteiger partial charge is 0.124 e. The van der Waals surface area contributed by atoms with Gasteiger partial charge in [0.1, 0.15) is 5.75 Å². The number of nitrogens with two attached hydrogens (primary N) is 1. The number of hydrogen-bond donors (Lipinski definition) is 1. The lowest BCUT2D eigenvalue weighted by Crippen LogP contribution is -2.17. The molecule has 1 aliphatic rings. The van der Waals surface area contributed by atoms with Crippen molar-refractivity contribution in [3.05, 3.63) is 23.8 Å². The molecule has 14 heavy (non-hydrogen) atoms. The predicted molar refractivity (Wildman–Crippen MR) is 55.6 cm³/mol. The first-order valence-corrected chi connectivity index (χ1v) is 4.82. The Morgan fingerprint density at radius 1 is 1.57 bits per heavy atom. The summed E-state index contributed by atoms with van der Waals surface area (Å²) in [6.45, 7) is 1.50. The molecule has 0 radical (unpaired) electrons. The molecule has 1 aliphatic heterocycles. The van der Waals surface area contributed by atoms with E-state index in [1.807, 2.05) is 18.2 Å². The van der Waals surface area contributed by atoms with Gasteiger partial charge in [0.05, 0.1) is 13.2 Å². The maximum atomic E-state index is 5.69. The summed E-state index contributed by atoms with van der Waals surface area (Å²) in [4.78, 5) is 0. The van der Waals surface area contributed by atoms with E-state index in [0.717, 1.165) is 31.1 Å². The highest BCUT2D eigenvalue weighted by Crippen LogP contribution is 2.34. The number of fused-ring (bicyclic) bond motifs is 1. The van der Waals surface area contributed by atoms with E-state index in [9.17, 15) is 0 Å². The molecule has 2 rings (SSSR count). The van der Waals surface area contributed by atoms with Crippen molar-refractivity contribution in [3.8, 4) is 5.75 Å². The summed E-state index contributed by atoms with van der Waals surface area (Å²) >= 11 is 0. The summed E-state index contributed by atoms with van der Waals surface area (Å²) < 4.78 is 10.7. The molecule has 0 aromatic heterocycles. The van der Waals surface area contributed by atoms with Gasteiger partial charge in [-0.15, -0.1) is 0 Å². The fourth-order valence-electron chi connectivity index (χ4n) is 1.85. The number of nitrogen functional groups attached to an aromatic ring is 1. The maximum absolute atomic E-state index is 5.69. The Balaban J connectivity index is 2.30. The molecule has 3 heteroatoms. The van der Waals surface area contributed by atoms with Crippen LogP contribution in [-0.4, -0.2) is 20.3 Å². The van der Waals surface area contributed by atoms with Crippen molar-refractivity contribution >= 4 is 5.69 Å². The summed E-state index contributed by atoms with van der Waals surface area (Å²) in [5.41, 5.74) is 7.66. The third kappa shape index (κ3) is 1.68. The van der Waals surface area contributed by atoms with Gasteiger partial charge in [-0.1, -0.05) is 6.07 Å². The molecule has 76 valence electrons. The minimum Gasteiger partial charge on any atom is -0.493 e. The average Bonchev–Trinajstić information content (AvgIpc) is 2.18. The zero-order chi connectivity index (χ0) is 9.97. The average molecular weight is 193 g/mol. The lowest BCUT2D eigenvalue weighted by Gasteiger charge is -2.25. The van der Waals surface area contributed by atoms with Gasteiger partial charge in [-0.2, -0.15) is 0 Å². The Labute approximate surface area is 83.8 Å². The first kappa shape index (κ1) is 9.34. The van der Waals surface area contributed by atoms with Gasteiger partial charge in [-0.3, -0.25) is 0 Å². The molecular formula is C11H15NO2. The van der Waals surface area contributed by atoms with Gasteiger partial charge in [-0.05, 0) is 18.1 Å². The fourth-order valence-corrected chi connectivity index (χ4v) is 1.85. The monoisotopic (exact) mass is 193 g/mol. The van der Waals surface area contributed by atoms with E-state index >= 15 is 0 Å². The van der Waals surface area contributed by atoms with Gasteiger partial charge in [0, 0.05) is 24.8 Å². The van der Waals surface area contributed by atoms with Crippen LogP contribution in [0.15, 0.2) is 18.2 Å². The zero-order valence-corrected chi connectivity index (χ0v) is 8.32. The molecule has 1 atom stereocenters. The topological polar surface area (TPSA) is 44.5 Å². The van der Waals surface area contributed by atoms with Gasteiger partial charge in [-0.25, -0.2) is 0 Å². The van der Waals surface area contributed by atoms with E-state index in [1.54, 1.807) is 7.11 Å². The van der Waals surface area contributed by atoms with Crippen LogP contribution < -0.4 is 10.5 Å². The van der Waals surface area contributed by atoms with Crippen LogP contribution in [0.4, 0.5) is 5.69 Å². The van der Waals surface area contributed by atoms with Crippen LogP contribution in [0.2, 0.25) is 0 Å². The summed E-state index contributed by atoms with van der Waals surface area (Å²) in [6, 6.07) is 5.83. The largest absolute Gasteiger partial charge is 0.493 e. The molecule has 0 fully saturated rings. The van der Waals surface area contributed by atoms with Crippen molar-refractivity contribution in [2.24, 2.45) is 0 Å². The van der Waals surface area contributed by atoms with Crippen molar-refractivity contribution in [1.29, 1.82) is 0 Å². The first-order valence-electron chi connectivity index (χ1n) is 4.82. The highest BCUT2D eigenvalue weighted by Gasteiger charge is 2.21.